The van der Waals surface area contributed by atoms with Crippen molar-refractivity contribution in [1.82, 2.24) is 4.98 Å². The highest BCUT2D eigenvalue weighted by Crippen LogP contribution is 2.44. The molecular weight excluding hydrogens is 348 g/mol. The molecule has 7 nitrogen and oxygen atoms in total. The van der Waals surface area contributed by atoms with Crippen molar-refractivity contribution in [2.75, 3.05) is 25.2 Å². The van der Waals surface area contributed by atoms with E-state index >= 15 is 0 Å². The summed E-state index contributed by atoms with van der Waals surface area (Å²) in [5.41, 5.74) is 1.99. The van der Waals surface area contributed by atoms with Crippen molar-refractivity contribution < 1.29 is 24.2 Å². The normalized spacial score (nSPS) is 17.9. The fourth-order valence-corrected chi connectivity index (χ4v) is 3.49. The van der Waals surface area contributed by atoms with Crippen LogP contribution in [0.1, 0.15) is 28.9 Å². The summed E-state index contributed by atoms with van der Waals surface area (Å²) in [6.07, 6.45) is 3.04. The number of aryl methyl sites for hydroxylation is 1. The first-order valence-corrected chi connectivity index (χ1v) is 8.79. The Morgan fingerprint density at radius 3 is 2.74 bits per heavy atom. The molecule has 1 aromatic carbocycles. The Hall–Kier alpha value is -2.93. The van der Waals surface area contributed by atoms with Crippen molar-refractivity contribution >= 4 is 17.6 Å². The van der Waals surface area contributed by atoms with Gasteiger partial charge in [0.15, 0.2) is 0 Å². The molecule has 1 N–H and O–H groups in total. The molecule has 27 heavy (non-hydrogen) atoms. The zero-order valence-electron chi connectivity index (χ0n) is 15.2. The molecule has 4 rings (SSSR count). The van der Waals surface area contributed by atoms with Crippen LogP contribution in [0.4, 0.5) is 5.69 Å². The van der Waals surface area contributed by atoms with E-state index in [-0.39, 0.29) is 11.5 Å². The Morgan fingerprint density at radius 1 is 1.30 bits per heavy atom. The van der Waals surface area contributed by atoms with Gasteiger partial charge in [-0.3, -0.25) is 9.78 Å². The molecule has 0 bridgehead atoms. The zero-order valence-corrected chi connectivity index (χ0v) is 15.2. The molecule has 0 atom stereocenters. The van der Waals surface area contributed by atoms with Crippen LogP contribution in [0.3, 0.4) is 0 Å². The van der Waals surface area contributed by atoms with Crippen LogP contribution in [0.2, 0.25) is 0 Å². The number of morpholine rings is 1. The highest BCUT2D eigenvalue weighted by atomic mass is 16.5. The van der Waals surface area contributed by atoms with Crippen molar-refractivity contribution in [2.45, 2.75) is 25.4 Å². The van der Waals surface area contributed by atoms with Gasteiger partial charge in [0.1, 0.15) is 11.4 Å². The first kappa shape index (κ1) is 17.5. The zero-order chi connectivity index (χ0) is 19.2. The maximum atomic E-state index is 12.8. The number of aromatic nitrogens is 1. The lowest BCUT2D eigenvalue weighted by Crippen LogP contribution is -2.49. The van der Waals surface area contributed by atoms with Crippen LogP contribution < -0.4 is 9.64 Å². The second-order valence-corrected chi connectivity index (χ2v) is 6.86. The first-order valence-electron chi connectivity index (χ1n) is 8.79. The van der Waals surface area contributed by atoms with E-state index in [2.05, 4.69) is 4.98 Å². The summed E-state index contributed by atoms with van der Waals surface area (Å²) in [6.45, 7) is 2.74. The van der Waals surface area contributed by atoms with Gasteiger partial charge in [0.25, 0.3) is 5.91 Å². The molecule has 7 heteroatoms. The van der Waals surface area contributed by atoms with Gasteiger partial charge in [-0.2, -0.15) is 0 Å². The van der Waals surface area contributed by atoms with Crippen molar-refractivity contribution in [2.24, 2.45) is 0 Å². The second kappa shape index (κ2) is 6.35. The molecule has 1 saturated carbocycles. The lowest BCUT2D eigenvalue weighted by atomic mass is 9.97. The number of carboxylic acids is 1. The highest BCUT2D eigenvalue weighted by molar-refractivity contribution is 6.04. The molecule has 1 aromatic heterocycles. The maximum Gasteiger partial charge on any atom is 0.336 e. The third-order valence-corrected chi connectivity index (χ3v) is 5.09. The maximum absolute atomic E-state index is 12.8. The summed E-state index contributed by atoms with van der Waals surface area (Å²) in [4.78, 5) is 30.5. The van der Waals surface area contributed by atoms with E-state index in [4.69, 9.17) is 9.47 Å². The van der Waals surface area contributed by atoms with Crippen molar-refractivity contribution in [3.63, 3.8) is 0 Å². The summed E-state index contributed by atoms with van der Waals surface area (Å²) < 4.78 is 11.0. The number of carboxylic acid groups (broad SMARTS) is 1. The summed E-state index contributed by atoms with van der Waals surface area (Å²) in [5.74, 6) is -0.618. The van der Waals surface area contributed by atoms with Crippen molar-refractivity contribution in [1.29, 1.82) is 0 Å². The largest absolute Gasteiger partial charge is 0.494 e. The lowest BCUT2D eigenvalue weighted by molar-refractivity contribution is -0.137. The van der Waals surface area contributed by atoms with E-state index < -0.39 is 11.6 Å². The topological polar surface area (TPSA) is 89.0 Å². The molecule has 2 aliphatic rings. The number of anilines is 1. The molecule has 1 amide bonds. The van der Waals surface area contributed by atoms with Crippen LogP contribution in [0.5, 0.6) is 5.75 Å². The average Bonchev–Trinajstić information content (AvgIpc) is 3.44. The van der Waals surface area contributed by atoms with Crippen LogP contribution in [-0.2, 0) is 9.53 Å². The van der Waals surface area contributed by atoms with Crippen molar-refractivity contribution in [3.8, 4) is 16.9 Å². The summed E-state index contributed by atoms with van der Waals surface area (Å²) >= 11 is 0. The minimum absolute atomic E-state index is 0.0550. The van der Waals surface area contributed by atoms with E-state index in [9.17, 15) is 14.7 Å². The number of pyridine rings is 1. The fourth-order valence-electron chi connectivity index (χ4n) is 3.49. The Bertz CT molecular complexity index is 936. The number of ether oxygens (including phenoxy) is 2. The third-order valence-electron chi connectivity index (χ3n) is 5.09. The van der Waals surface area contributed by atoms with Gasteiger partial charge in [-0.05, 0) is 44.0 Å². The van der Waals surface area contributed by atoms with Crippen LogP contribution in [0.15, 0.2) is 30.5 Å². The fraction of sp³-hybridized carbons (Fsp3) is 0.350. The standard InChI is InChI=1S/C20H20N2O5/c1-12-9-16(17(26-2)11-21-12)15-10-13(3-4-14(15)18(23)24)22-7-8-27-20(5-6-20)19(22)25/h3-4,9-11H,5-8H2,1-2H3,(H,23,24). The van der Waals surface area contributed by atoms with E-state index in [0.717, 1.165) is 18.5 Å². The number of hydrogen-bond donors (Lipinski definition) is 1. The van der Waals surface area contributed by atoms with Gasteiger partial charge in [0, 0.05) is 29.1 Å². The molecule has 1 aliphatic carbocycles. The van der Waals surface area contributed by atoms with E-state index in [1.54, 1.807) is 29.3 Å². The number of aromatic carboxylic acids is 1. The van der Waals surface area contributed by atoms with Gasteiger partial charge in [-0.25, -0.2) is 4.79 Å². The van der Waals surface area contributed by atoms with Gasteiger partial charge in [0.2, 0.25) is 0 Å². The molecule has 2 fully saturated rings. The van der Waals surface area contributed by atoms with Crippen molar-refractivity contribution in [3.05, 3.63) is 41.7 Å². The lowest BCUT2D eigenvalue weighted by Gasteiger charge is -2.33. The van der Waals surface area contributed by atoms with E-state index in [1.807, 2.05) is 6.92 Å². The minimum Gasteiger partial charge on any atom is -0.494 e. The Morgan fingerprint density at radius 2 is 2.07 bits per heavy atom. The van der Waals surface area contributed by atoms with Gasteiger partial charge in [0.05, 0.1) is 25.5 Å². The van der Waals surface area contributed by atoms with Crippen LogP contribution in [0, 0.1) is 6.92 Å². The van der Waals surface area contributed by atoms with E-state index in [0.29, 0.717) is 35.7 Å². The molecule has 1 spiro atoms. The predicted molar refractivity (Wildman–Crippen MR) is 98.2 cm³/mol. The minimum atomic E-state index is -1.04. The third kappa shape index (κ3) is 2.94. The van der Waals surface area contributed by atoms with Crippen LogP contribution >= 0.6 is 0 Å². The molecule has 0 unspecified atom stereocenters. The number of hydrogen-bond acceptors (Lipinski definition) is 5. The van der Waals surface area contributed by atoms with Gasteiger partial charge >= 0.3 is 5.97 Å². The number of nitrogens with zero attached hydrogens (tertiary/aromatic N) is 2. The highest BCUT2D eigenvalue weighted by Gasteiger charge is 2.55. The summed E-state index contributed by atoms with van der Waals surface area (Å²) in [6, 6.07) is 6.73. The second-order valence-electron chi connectivity index (χ2n) is 6.86. The number of methoxy groups -OCH3 is 1. The Balaban J connectivity index is 1.83. The average molecular weight is 368 g/mol. The monoisotopic (exact) mass is 368 g/mol. The molecule has 2 heterocycles. The van der Waals surface area contributed by atoms with Gasteiger partial charge in [-0.15, -0.1) is 0 Å². The molecule has 1 saturated heterocycles. The molecular formula is C20H20N2O5. The molecule has 2 aromatic rings. The van der Waals surface area contributed by atoms with Crippen LogP contribution in [-0.4, -0.2) is 47.8 Å². The molecule has 1 aliphatic heterocycles. The number of rotatable bonds is 4. The predicted octanol–water partition coefficient (Wildman–Crippen LogP) is 2.66. The molecule has 0 radical (unpaired) electrons. The Kier molecular flexibility index (Phi) is 4.11. The summed E-state index contributed by atoms with van der Waals surface area (Å²) in [7, 11) is 1.52. The number of amides is 1. The smallest absolute Gasteiger partial charge is 0.336 e. The van der Waals surface area contributed by atoms with Gasteiger partial charge in [-0.1, -0.05) is 0 Å². The number of carbonyl (C=O) groups excluding carboxylic acids is 1. The molecule has 140 valence electrons. The Labute approximate surface area is 156 Å². The number of carbonyl (C=O) groups is 2. The number of benzene rings is 1. The first-order chi connectivity index (χ1) is 12.9. The summed E-state index contributed by atoms with van der Waals surface area (Å²) in [5, 5.41) is 9.65. The SMILES string of the molecule is COc1cnc(C)cc1-c1cc(N2CCOC3(CC3)C2=O)ccc1C(=O)O. The van der Waals surface area contributed by atoms with Gasteiger partial charge < -0.3 is 19.5 Å². The van der Waals surface area contributed by atoms with E-state index in [1.165, 1.54) is 13.2 Å². The van der Waals surface area contributed by atoms with Crippen LogP contribution in [0.25, 0.3) is 11.1 Å². The quantitative estimate of drug-likeness (QED) is 0.892.